The molecular formula is C17H21ClN3OS+. The summed E-state index contributed by atoms with van der Waals surface area (Å²) < 4.78 is 0. The van der Waals surface area contributed by atoms with Gasteiger partial charge >= 0.3 is 0 Å². The second-order valence-electron chi connectivity index (χ2n) is 5.69. The number of quaternary nitrogens is 1. The van der Waals surface area contributed by atoms with Crippen LogP contribution in [-0.4, -0.2) is 38.6 Å². The Morgan fingerprint density at radius 2 is 2.13 bits per heavy atom. The van der Waals surface area contributed by atoms with Crippen LogP contribution >= 0.6 is 22.9 Å². The van der Waals surface area contributed by atoms with Crippen LogP contribution in [0.5, 0.6) is 0 Å². The number of hydrogen-bond acceptors (Lipinski definition) is 3. The third kappa shape index (κ3) is 3.86. The summed E-state index contributed by atoms with van der Waals surface area (Å²) in [7, 11) is 0. The Balaban J connectivity index is 1.67. The lowest BCUT2D eigenvalue weighted by molar-refractivity contribution is -0.898. The Morgan fingerprint density at radius 1 is 1.35 bits per heavy atom. The maximum Gasteiger partial charge on any atom is 0.265 e. The molecule has 1 aromatic carbocycles. The van der Waals surface area contributed by atoms with Gasteiger partial charge in [-0.3, -0.25) is 4.79 Å². The molecule has 1 aromatic heterocycles. The molecule has 0 unspecified atom stereocenters. The Hall–Kier alpha value is -1.56. The van der Waals surface area contributed by atoms with Crippen LogP contribution < -0.4 is 15.1 Å². The van der Waals surface area contributed by atoms with Crippen LogP contribution in [0.2, 0.25) is 5.02 Å². The Bertz CT molecular complexity index is 666. The van der Waals surface area contributed by atoms with E-state index in [0.717, 1.165) is 37.6 Å². The first-order chi connectivity index (χ1) is 11.2. The summed E-state index contributed by atoms with van der Waals surface area (Å²) in [6.45, 7) is 7.72. The van der Waals surface area contributed by atoms with Crippen molar-refractivity contribution in [3.05, 3.63) is 45.6 Å². The first kappa shape index (κ1) is 16.3. The number of piperazine rings is 1. The van der Waals surface area contributed by atoms with E-state index in [9.17, 15) is 4.79 Å². The number of likely N-dealkylation sites (N-methyl/N-ethyl adjacent to an activating group) is 1. The summed E-state index contributed by atoms with van der Waals surface area (Å²) in [5.74, 6) is -0.0935. The standard InChI is InChI=1S/C17H20ClN3OS/c1-2-20-7-9-21(10-8-20)15-6-5-13(12-14(15)18)19-17(22)16-4-3-11-23-16/h3-6,11-12H,2,7-10H2,1H3,(H,19,22)/p+1. The molecule has 0 radical (unpaired) electrons. The zero-order valence-electron chi connectivity index (χ0n) is 13.1. The molecule has 122 valence electrons. The molecule has 3 rings (SSSR count). The van der Waals surface area contributed by atoms with Crippen LogP contribution in [0.25, 0.3) is 0 Å². The van der Waals surface area contributed by atoms with Crippen molar-refractivity contribution in [1.82, 2.24) is 0 Å². The van der Waals surface area contributed by atoms with Gasteiger partial charge < -0.3 is 15.1 Å². The molecule has 1 amide bonds. The number of carbonyl (C=O) groups excluding carboxylic acids is 1. The highest BCUT2D eigenvalue weighted by Gasteiger charge is 2.20. The van der Waals surface area contributed by atoms with Crippen molar-refractivity contribution in [2.75, 3.05) is 42.9 Å². The lowest BCUT2D eigenvalue weighted by atomic mass is 10.2. The summed E-state index contributed by atoms with van der Waals surface area (Å²) >= 11 is 7.87. The summed E-state index contributed by atoms with van der Waals surface area (Å²) in [5.41, 5.74) is 1.78. The van der Waals surface area contributed by atoms with Crippen LogP contribution in [-0.2, 0) is 0 Å². The van der Waals surface area contributed by atoms with E-state index in [-0.39, 0.29) is 5.91 Å². The molecular weight excluding hydrogens is 330 g/mol. The van der Waals surface area contributed by atoms with Gasteiger partial charge in [0.05, 0.1) is 48.3 Å². The van der Waals surface area contributed by atoms with Gasteiger partial charge in [-0.05, 0) is 36.6 Å². The largest absolute Gasteiger partial charge is 0.359 e. The molecule has 0 atom stereocenters. The van der Waals surface area contributed by atoms with Crippen LogP contribution in [0.4, 0.5) is 11.4 Å². The molecule has 0 saturated carbocycles. The zero-order chi connectivity index (χ0) is 16.2. The molecule has 6 heteroatoms. The van der Waals surface area contributed by atoms with Crippen molar-refractivity contribution < 1.29 is 9.69 Å². The predicted molar refractivity (Wildman–Crippen MR) is 97.2 cm³/mol. The van der Waals surface area contributed by atoms with E-state index in [1.807, 2.05) is 35.7 Å². The van der Waals surface area contributed by atoms with Gasteiger partial charge in [-0.2, -0.15) is 0 Å². The van der Waals surface area contributed by atoms with E-state index < -0.39 is 0 Å². The number of benzene rings is 1. The van der Waals surface area contributed by atoms with Crippen molar-refractivity contribution in [1.29, 1.82) is 0 Å². The first-order valence-corrected chi connectivity index (χ1v) is 9.16. The molecule has 1 aliphatic rings. The van der Waals surface area contributed by atoms with E-state index in [1.165, 1.54) is 17.9 Å². The third-order valence-corrected chi connectivity index (χ3v) is 5.43. The topological polar surface area (TPSA) is 36.8 Å². The molecule has 1 aliphatic heterocycles. The van der Waals surface area contributed by atoms with Crippen LogP contribution in [0.3, 0.4) is 0 Å². The van der Waals surface area contributed by atoms with Crippen molar-refractivity contribution in [2.45, 2.75) is 6.92 Å². The summed E-state index contributed by atoms with van der Waals surface area (Å²) in [4.78, 5) is 16.7. The van der Waals surface area contributed by atoms with Crippen molar-refractivity contribution in [3.8, 4) is 0 Å². The van der Waals surface area contributed by atoms with Crippen LogP contribution in [0.1, 0.15) is 16.6 Å². The highest BCUT2D eigenvalue weighted by molar-refractivity contribution is 7.12. The maximum atomic E-state index is 12.1. The molecule has 1 saturated heterocycles. The number of amides is 1. The normalized spacial score (nSPS) is 15.7. The van der Waals surface area contributed by atoms with Crippen LogP contribution in [0, 0.1) is 0 Å². The second kappa shape index (κ2) is 7.34. The maximum absolute atomic E-state index is 12.1. The molecule has 2 N–H and O–H groups in total. The van der Waals surface area contributed by atoms with Crippen molar-refractivity contribution >= 4 is 40.2 Å². The molecule has 4 nitrogen and oxygen atoms in total. The fourth-order valence-corrected chi connectivity index (χ4v) is 3.78. The van der Waals surface area contributed by atoms with Gasteiger partial charge in [0.15, 0.2) is 0 Å². The van der Waals surface area contributed by atoms with Gasteiger partial charge in [0.25, 0.3) is 5.91 Å². The van der Waals surface area contributed by atoms with Gasteiger partial charge in [0.2, 0.25) is 0 Å². The smallest absolute Gasteiger partial charge is 0.265 e. The quantitative estimate of drug-likeness (QED) is 0.888. The fraction of sp³-hybridized carbons (Fsp3) is 0.353. The minimum atomic E-state index is -0.0935. The number of halogens is 1. The Labute approximate surface area is 145 Å². The summed E-state index contributed by atoms with van der Waals surface area (Å²) in [6.07, 6.45) is 0. The number of anilines is 2. The highest BCUT2D eigenvalue weighted by atomic mass is 35.5. The number of carbonyl (C=O) groups is 1. The average molecular weight is 351 g/mol. The van der Waals surface area contributed by atoms with E-state index in [1.54, 1.807) is 4.90 Å². The lowest BCUT2D eigenvalue weighted by Gasteiger charge is -2.33. The number of thiophene rings is 1. The first-order valence-electron chi connectivity index (χ1n) is 7.90. The van der Waals surface area contributed by atoms with E-state index in [2.05, 4.69) is 17.1 Å². The van der Waals surface area contributed by atoms with Crippen molar-refractivity contribution in [2.24, 2.45) is 0 Å². The molecule has 2 heterocycles. The van der Waals surface area contributed by atoms with Gasteiger partial charge in [0.1, 0.15) is 0 Å². The van der Waals surface area contributed by atoms with Gasteiger partial charge in [-0.25, -0.2) is 0 Å². The fourth-order valence-electron chi connectivity index (χ4n) is 2.86. The molecule has 0 aliphatic carbocycles. The molecule has 0 spiro atoms. The number of nitrogens with zero attached hydrogens (tertiary/aromatic N) is 1. The molecule has 2 aromatic rings. The number of hydrogen-bond donors (Lipinski definition) is 2. The monoisotopic (exact) mass is 350 g/mol. The third-order valence-electron chi connectivity index (χ3n) is 4.26. The van der Waals surface area contributed by atoms with Gasteiger partial charge in [-0.1, -0.05) is 17.7 Å². The molecule has 0 bridgehead atoms. The average Bonchev–Trinajstić information content (AvgIpc) is 3.10. The Kier molecular flexibility index (Phi) is 5.20. The SMILES string of the molecule is CC[NH+]1CCN(c2ccc(NC(=O)c3cccs3)cc2Cl)CC1. The second-order valence-corrected chi connectivity index (χ2v) is 7.04. The van der Waals surface area contributed by atoms with Gasteiger partial charge in [0, 0.05) is 5.69 Å². The minimum absolute atomic E-state index is 0.0935. The zero-order valence-corrected chi connectivity index (χ0v) is 14.7. The summed E-state index contributed by atoms with van der Waals surface area (Å²) in [6, 6.07) is 9.44. The van der Waals surface area contributed by atoms with Crippen LogP contribution in [0.15, 0.2) is 35.7 Å². The van der Waals surface area contributed by atoms with Crippen molar-refractivity contribution in [3.63, 3.8) is 0 Å². The molecule has 1 fully saturated rings. The van der Waals surface area contributed by atoms with Gasteiger partial charge in [-0.15, -0.1) is 11.3 Å². The number of rotatable bonds is 4. The lowest BCUT2D eigenvalue weighted by Crippen LogP contribution is -3.14. The van der Waals surface area contributed by atoms with E-state index in [4.69, 9.17) is 11.6 Å². The Morgan fingerprint density at radius 3 is 2.74 bits per heavy atom. The molecule has 23 heavy (non-hydrogen) atoms. The summed E-state index contributed by atoms with van der Waals surface area (Å²) in [5, 5.41) is 5.48. The highest BCUT2D eigenvalue weighted by Crippen LogP contribution is 2.29. The number of nitrogens with one attached hydrogen (secondary N) is 2. The van der Waals surface area contributed by atoms with E-state index >= 15 is 0 Å². The van der Waals surface area contributed by atoms with E-state index in [0.29, 0.717) is 9.90 Å². The minimum Gasteiger partial charge on any atom is -0.359 e. The predicted octanol–water partition coefficient (Wildman–Crippen LogP) is 2.38.